The van der Waals surface area contributed by atoms with E-state index in [0.717, 1.165) is 5.76 Å². The number of nitrogens with zero attached hydrogens (tertiary/aromatic N) is 1. The Labute approximate surface area is 108 Å². The van der Waals surface area contributed by atoms with Crippen molar-refractivity contribution < 1.29 is 13.9 Å². The number of hydrogen-bond acceptors (Lipinski definition) is 3. The van der Waals surface area contributed by atoms with E-state index in [1.165, 1.54) is 0 Å². The molecule has 4 heteroatoms. The van der Waals surface area contributed by atoms with Gasteiger partial charge in [0.2, 0.25) is 5.91 Å². The Hall–Kier alpha value is -1.81. The van der Waals surface area contributed by atoms with Crippen LogP contribution in [0.2, 0.25) is 0 Å². The first-order valence-electron chi connectivity index (χ1n) is 5.87. The molecular formula is C14H19NO3. The maximum atomic E-state index is 12.0. The predicted molar refractivity (Wildman–Crippen MR) is 70.0 cm³/mol. The van der Waals surface area contributed by atoms with Gasteiger partial charge in [0.05, 0.1) is 19.4 Å². The molecule has 0 spiro atoms. The van der Waals surface area contributed by atoms with E-state index in [2.05, 4.69) is 0 Å². The fourth-order valence-corrected chi connectivity index (χ4v) is 1.41. The van der Waals surface area contributed by atoms with E-state index >= 15 is 0 Å². The van der Waals surface area contributed by atoms with E-state index in [4.69, 9.17) is 9.15 Å². The molecule has 0 aromatic carbocycles. The Morgan fingerprint density at radius 2 is 2.33 bits per heavy atom. The van der Waals surface area contributed by atoms with Crippen molar-refractivity contribution >= 4 is 5.91 Å². The highest BCUT2D eigenvalue weighted by molar-refractivity contribution is 5.87. The second-order valence-corrected chi connectivity index (χ2v) is 3.72. The quantitative estimate of drug-likeness (QED) is 0.550. The molecule has 98 valence electrons. The number of hydrogen-bond donors (Lipinski definition) is 0. The van der Waals surface area contributed by atoms with Gasteiger partial charge in [-0.1, -0.05) is 18.2 Å². The monoisotopic (exact) mass is 249 g/mol. The van der Waals surface area contributed by atoms with Gasteiger partial charge >= 0.3 is 0 Å². The Morgan fingerprint density at radius 1 is 1.50 bits per heavy atom. The van der Waals surface area contributed by atoms with Gasteiger partial charge in [0, 0.05) is 19.7 Å². The lowest BCUT2D eigenvalue weighted by Crippen LogP contribution is -2.31. The standard InChI is InChI=1S/C14H19NO3/c1-3-4-5-8-14(16)15(9-11-17-2)12-13-7-6-10-18-13/h3-8,10H,9,11-12H2,1-2H3. The first-order valence-corrected chi connectivity index (χ1v) is 5.87. The number of carbonyl (C=O) groups is 1. The second kappa shape index (κ2) is 8.31. The molecule has 0 aliphatic carbocycles. The fourth-order valence-electron chi connectivity index (χ4n) is 1.41. The minimum atomic E-state index is -0.0541. The van der Waals surface area contributed by atoms with Gasteiger partial charge in [0.15, 0.2) is 0 Å². The zero-order valence-corrected chi connectivity index (χ0v) is 10.8. The van der Waals surface area contributed by atoms with Crippen LogP contribution in [0.25, 0.3) is 0 Å². The summed E-state index contributed by atoms with van der Waals surface area (Å²) >= 11 is 0. The topological polar surface area (TPSA) is 42.7 Å². The zero-order valence-electron chi connectivity index (χ0n) is 10.8. The molecule has 0 aliphatic rings. The molecule has 0 unspecified atom stereocenters. The van der Waals surface area contributed by atoms with E-state index in [1.54, 1.807) is 30.4 Å². The van der Waals surface area contributed by atoms with Crippen LogP contribution in [0.15, 0.2) is 47.1 Å². The Balaban J connectivity index is 2.61. The fraction of sp³-hybridized carbons (Fsp3) is 0.357. The maximum absolute atomic E-state index is 12.0. The van der Waals surface area contributed by atoms with Gasteiger partial charge in [0.1, 0.15) is 5.76 Å². The molecule has 0 aliphatic heterocycles. The van der Waals surface area contributed by atoms with Gasteiger partial charge in [0.25, 0.3) is 0 Å². The molecule has 0 fully saturated rings. The van der Waals surface area contributed by atoms with Gasteiger partial charge in [-0.25, -0.2) is 0 Å². The molecule has 0 saturated heterocycles. The summed E-state index contributed by atoms with van der Waals surface area (Å²) in [6.45, 7) is 3.40. The third-order valence-corrected chi connectivity index (χ3v) is 2.35. The molecule has 1 aromatic heterocycles. The Bertz CT molecular complexity index is 393. The number of allylic oxidation sites excluding steroid dienone is 3. The number of methoxy groups -OCH3 is 1. The van der Waals surface area contributed by atoms with Crippen LogP contribution in [0.1, 0.15) is 12.7 Å². The molecule has 1 aromatic rings. The van der Waals surface area contributed by atoms with Crippen LogP contribution in [0, 0.1) is 0 Å². The minimum Gasteiger partial charge on any atom is -0.467 e. The van der Waals surface area contributed by atoms with Crippen molar-refractivity contribution in [1.29, 1.82) is 0 Å². The summed E-state index contributed by atoms with van der Waals surface area (Å²) in [6.07, 6.45) is 8.56. The third kappa shape index (κ3) is 5.01. The summed E-state index contributed by atoms with van der Waals surface area (Å²) in [5.74, 6) is 0.709. The Morgan fingerprint density at radius 3 is 2.94 bits per heavy atom. The third-order valence-electron chi connectivity index (χ3n) is 2.35. The van der Waals surface area contributed by atoms with Crippen molar-refractivity contribution in [3.8, 4) is 0 Å². The van der Waals surface area contributed by atoms with Crippen LogP contribution in [0.4, 0.5) is 0 Å². The van der Waals surface area contributed by atoms with E-state index in [9.17, 15) is 4.79 Å². The lowest BCUT2D eigenvalue weighted by atomic mass is 10.3. The van der Waals surface area contributed by atoms with Gasteiger partial charge in [-0.15, -0.1) is 0 Å². The molecule has 1 heterocycles. The average Bonchev–Trinajstić information content (AvgIpc) is 2.87. The summed E-state index contributed by atoms with van der Waals surface area (Å²) in [6, 6.07) is 3.66. The number of rotatable bonds is 7. The summed E-state index contributed by atoms with van der Waals surface area (Å²) in [7, 11) is 1.62. The van der Waals surface area contributed by atoms with Crippen molar-refractivity contribution in [3.05, 3.63) is 48.5 Å². The van der Waals surface area contributed by atoms with Crippen molar-refractivity contribution in [2.75, 3.05) is 20.3 Å². The van der Waals surface area contributed by atoms with Crippen LogP contribution >= 0.6 is 0 Å². The highest BCUT2D eigenvalue weighted by Gasteiger charge is 2.12. The van der Waals surface area contributed by atoms with Crippen LogP contribution in [0.3, 0.4) is 0 Å². The molecular weight excluding hydrogens is 230 g/mol. The lowest BCUT2D eigenvalue weighted by Gasteiger charge is -2.19. The van der Waals surface area contributed by atoms with Gasteiger partial charge in [-0.2, -0.15) is 0 Å². The number of ether oxygens (including phenoxy) is 1. The normalized spacial score (nSPS) is 11.4. The minimum absolute atomic E-state index is 0.0541. The molecule has 0 bridgehead atoms. The summed E-state index contributed by atoms with van der Waals surface area (Å²) in [5, 5.41) is 0. The molecule has 18 heavy (non-hydrogen) atoms. The van der Waals surface area contributed by atoms with Crippen molar-refractivity contribution in [1.82, 2.24) is 4.90 Å². The first kappa shape index (κ1) is 14.3. The first-order chi connectivity index (χ1) is 8.77. The molecule has 4 nitrogen and oxygen atoms in total. The van der Waals surface area contributed by atoms with E-state index in [-0.39, 0.29) is 5.91 Å². The molecule has 0 N–H and O–H groups in total. The zero-order chi connectivity index (χ0) is 13.2. The Kier molecular flexibility index (Phi) is 6.58. The largest absolute Gasteiger partial charge is 0.467 e. The molecule has 0 radical (unpaired) electrons. The van der Waals surface area contributed by atoms with E-state index in [1.807, 2.05) is 31.2 Å². The van der Waals surface area contributed by atoms with Crippen LogP contribution in [-0.4, -0.2) is 31.1 Å². The van der Waals surface area contributed by atoms with Crippen LogP contribution in [0.5, 0.6) is 0 Å². The molecule has 0 atom stereocenters. The van der Waals surface area contributed by atoms with E-state index < -0.39 is 0 Å². The lowest BCUT2D eigenvalue weighted by molar-refractivity contribution is -0.127. The highest BCUT2D eigenvalue weighted by atomic mass is 16.5. The maximum Gasteiger partial charge on any atom is 0.247 e. The number of furan rings is 1. The van der Waals surface area contributed by atoms with Crippen LogP contribution < -0.4 is 0 Å². The second-order valence-electron chi connectivity index (χ2n) is 3.72. The smallest absolute Gasteiger partial charge is 0.247 e. The molecule has 0 saturated carbocycles. The highest BCUT2D eigenvalue weighted by Crippen LogP contribution is 2.06. The van der Waals surface area contributed by atoms with Crippen LogP contribution in [-0.2, 0) is 16.1 Å². The summed E-state index contributed by atoms with van der Waals surface area (Å²) in [5.41, 5.74) is 0. The van der Waals surface area contributed by atoms with Crippen molar-refractivity contribution in [3.63, 3.8) is 0 Å². The molecule has 1 rings (SSSR count). The predicted octanol–water partition coefficient (Wildman–Crippen LogP) is 2.39. The summed E-state index contributed by atoms with van der Waals surface area (Å²) < 4.78 is 10.3. The van der Waals surface area contributed by atoms with E-state index in [0.29, 0.717) is 19.7 Å². The molecule has 1 amide bonds. The van der Waals surface area contributed by atoms with Gasteiger partial charge in [-0.05, 0) is 19.1 Å². The number of amides is 1. The van der Waals surface area contributed by atoms with Crippen molar-refractivity contribution in [2.45, 2.75) is 13.5 Å². The average molecular weight is 249 g/mol. The van der Waals surface area contributed by atoms with Gasteiger partial charge in [-0.3, -0.25) is 4.79 Å². The summed E-state index contributed by atoms with van der Waals surface area (Å²) in [4.78, 5) is 13.6. The number of carbonyl (C=O) groups excluding carboxylic acids is 1. The van der Waals surface area contributed by atoms with Crippen molar-refractivity contribution in [2.24, 2.45) is 0 Å². The van der Waals surface area contributed by atoms with Gasteiger partial charge < -0.3 is 14.1 Å². The SMILES string of the molecule is CC=CC=CC(=O)N(CCOC)Cc1ccco1.